The first kappa shape index (κ1) is 21.2. The molecular formula is C21H15Cl2N5O2S. The van der Waals surface area contributed by atoms with Crippen LogP contribution in [-0.4, -0.2) is 33.1 Å². The maximum atomic E-state index is 12.3. The van der Waals surface area contributed by atoms with Crippen molar-refractivity contribution in [3.8, 4) is 0 Å². The Morgan fingerprint density at radius 2 is 1.68 bits per heavy atom. The van der Waals surface area contributed by atoms with E-state index in [9.17, 15) is 9.59 Å². The maximum Gasteiger partial charge on any atom is 0.259 e. The normalized spacial score (nSPS) is 11.5. The summed E-state index contributed by atoms with van der Waals surface area (Å²) in [5, 5.41) is 19.1. The van der Waals surface area contributed by atoms with Gasteiger partial charge in [-0.1, -0.05) is 83.1 Å². The summed E-state index contributed by atoms with van der Waals surface area (Å²) in [7, 11) is 0. The van der Waals surface area contributed by atoms with Crippen molar-refractivity contribution in [1.29, 1.82) is 0 Å². The molecule has 0 saturated heterocycles. The third-order valence-electron chi connectivity index (χ3n) is 4.40. The molecule has 0 bridgehead atoms. The zero-order valence-corrected chi connectivity index (χ0v) is 18.2. The lowest BCUT2D eigenvalue weighted by Gasteiger charge is -2.07. The molecule has 10 heteroatoms. The van der Waals surface area contributed by atoms with Crippen LogP contribution in [0.4, 0.5) is 5.13 Å². The minimum absolute atomic E-state index is 0.0354. The molecule has 0 spiro atoms. The predicted octanol–water partition coefficient (Wildman–Crippen LogP) is 4.28. The van der Waals surface area contributed by atoms with Crippen molar-refractivity contribution in [3.05, 3.63) is 65.2 Å². The monoisotopic (exact) mass is 471 g/mol. The van der Waals surface area contributed by atoms with Gasteiger partial charge in [0.2, 0.25) is 11.0 Å². The summed E-state index contributed by atoms with van der Waals surface area (Å²) < 4.78 is 0. The number of amides is 2. The van der Waals surface area contributed by atoms with Gasteiger partial charge >= 0.3 is 0 Å². The Labute approximate surface area is 191 Å². The first-order valence-electron chi connectivity index (χ1n) is 9.15. The number of carbonyl (C=O) groups excluding carboxylic acids is 2. The Balaban J connectivity index is 1.48. The van der Waals surface area contributed by atoms with E-state index in [1.165, 1.54) is 0 Å². The average molecular weight is 472 g/mol. The summed E-state index contributed by atoms with van der Waals surface area (Å²) in [6, 6.07) is 18.2. The van der Waals surface area contributed by atoms with Gasteiger partial charge in [-0.15, -0.1) is 10.2 Å². The number of aromatic nitrogens is 2. The zero-order chi connectivity index (χ0) is 21.8. The number of rotatable bonds is 6. The summed E-state index contributed by atoms with van der Waals surface area (Å²) in [6.45, 7) is 0. The van der Waals surface area contributed by atoms with Crippen LogP contribution < -0.4 is 10.7 Å². The van der Waals surface area contributed by atoms with Crippen molar-refractivity contribution in [2.24, 2.45) is 5.10 Å². The molecule has 1 heterocycles. The van der Waals surface area contributed by atoms with Crippen LogP contribution in [0.1, 0.15) is 10.6 Å². The molecule has 2 amide bonds. The number of nitrogens with zero attached hydrogens (tertiary/aromatic N) is 3. The lowest BCUT2D eigenvalue weighted by molar-refractivity contribution is -0.120. The molecule has 0 radical (unpaired) electrons. The van der Waals surface area contributed by atoms with Crippen LogP contribution in [0.15, 0.2) is 59.7 Å². The Morgan fingerprint density at radius 1 is 1.03 bits per heavy atom. The van der Waals surface area contributed by atoms with E-state index in [1.54, 1.807) is 6.21 Å². The van der Waals surface area contributed by atoms with Crippen LogP contribution in [0.3, 0.4) is 0 Å². The van der Waals surface area contributed by atoms with Crippen molar-refractivity contribution in [1.82, 2.24) is 15.6 Å². The zero-order valence-electron chi connectivity index (χ0n) is 15.9. The van der Waals surface area contributed by atoms with E-state index >= 15 is 0 Å². The fraction of sp³-hybridized carbons (Fsp3) is 0.0952. The molecule has 0 saturated carbocycles. The fourth-order valence-electron chi connectivity index (χ4n) is 3.07. The van der Waals surface area contributed by atoms with Crippen molar-refractivity contribution < 1.29 is 9.59 Å². The van der Waals surface area contributed by atoms with Gasteiger partial charge in [0.1, 0.15) is 5.01 Å². The van der Waals surface area contributed by atoms with Gasteiger partial charge in [-0.25, -0.2) is 5.43 Å². The lowest BCUT2D eigenvalue weighted by Crippen LogP contribution is -2.19. The first-order valence-corrected chi connectivity index (χ1v) is 10.8. The van der Waals surface area contributed by atoms with E-state index in [0.717, 1.165) is 38.4 Å². The first-order chi connectivity index (χ1) is 15.0. The number of anilines is 1. The smallest absolute Gasteiger partial charge is 0.259 e. The predicted molar refractivity (Wildman–Crippen MR) is 125 cm³/mol. The highest BCUT2D eigenvalue weighted by Gasteiger charge is 2.15. The molecule has 0 aliphatic heterocycles. The minimum Gasteiger partial charge on any atom is -0.298 e. The van der Waals surface area contributed by atoms with E-state index in [-0.39, 0.29) is 17.5 Å². The topological polar surface area (TPSA) is 96.3 Å². The quantitative estimate of drug-likeness (QED) is 0.190. The summed E-state index contributed by atoms with van der Waals surface area (Å²) in [4.78, 5) is 22.5. The molecule has 1 aromatic heterocycles. The third kappa shape index (κ3) is 4.99. The molecule has 4 aromatic rings. The van der Waals surface area contributed by atoms with Gasteiger partial charge < -0.3 is 0 Å². The number of hydrogen-bond acceptors (Lipinski definition) is 6. The highest BCUT2D eigenvalue weighted by atomic mass is 35.5. The number of nitrogens with one attached hydrogen (secondary N) is 2. The van der Waals surface area contributed by atoms with Crippen molar-refractivity contribution in [2.45, 2.75) is 11.3 Å². The summed E-state index contributed by atoms with van der Waals surface area (Å²) in [5.41, 5.74) is 3.44. The molecule has 4 rings (SSSR count). The Kier molecular flexibility index (Phi) is 6.41. The number of alkyl halides is 2. The van der Waals surface area contributed by atoms with Crippen molar-refractivity contribution in [3.63, 3.8) is 0 Å². The van der Waals surface area contributed by atoms with Crippen LogP contribution in [0, 0.1) is 0 Å². The molecular weight excluding hydrogens is 457 g/mol. The van der Waals surface area contributed by atoms with Gasteiger partial charge in [0.25, 0.3) is 5.91 Å². The summed E-state index contributed by atoms with van der Waals surface area (Å²) in [6.07, 6.45) is 1.61. The highest BCUT2D eigenvalue weighted by Crippen LogP contribution is 2.27. The second kappa shape index (κ2) is 9.38. The van der Waals surface area contributed by atoms with Gasteiger partial charge in [0, 0.05) is 5.56 Å². The van der Waals surface area contributed by atoms with Gasteiger partial charge in [-0.2, -0.15) is 5.10 Å². The molecule has 0 aliphatic carbocycles. The molecule has 7 nitrogen and oxygen atoms in total. The van der Waals surface area contributed by atoms with Gasteiger partial charge in [-0.05, 0) is 27.6 Å². The third-order valence-corrected chi connectivity index (χ3v) is 5.64. The van der Waals surface area contributed by atoms with E-state index in [2.05, 4.69) is 32.1 Å². The molecule has 0 atom stereocenters. The number of carbonyl (C=O) groups is 2. The molecule has 0 unspecified atom stereocenters. The Hall–Kier alpha value is -3.07. The van der Waals surface area contributed by atoms with Crippen LogP contribution in [0.25, 0.3) is 21.5 Å². The average Bonchev–Trinajstić information content (AvgIpc) is 3.19. The molecule has 3 aromatic carbocycles. The largest absolute Gasteiger partial charge is 0.298 e. The van der Waals surface area contributed by atoms with Gasteiger partial charge in [0.15, 0.2) is 4.84 Å². The van der Waals surface area contributed by atoms with Crippen LogP contribution in [0.5, 0.6) is 0 Å². The molecule has 0 aliphatic rings. The van der Waals surface area contributed by atoms with Crippen LogP contribution in [-0.2, 0) is 16.0 Å². The summed E-state index contributed by atoms with van der Waals surface area (Å²) in [5.74, 6) is -0.968. The molecule has 0 fully saturated rings. The number of halogens is 2. The molecule has 2 N–H and O–H groups in total. The van der Waals surface area contributed by atoms with Crippen LogP contribution in [0.2, 0.25) is 0 Å². The summed E-state index contributed by atoms with van der Waals surface area (Å²) >= 11 is 12.0. The van der Waals surface area contributed by atoms with Crippen molar-refractivity contribution in [2.75, 3.05) is 5.32 Å². The van der Waals surface area contributed by atoms with E-state index in [0.29, 0.717) is 5.01 Å². The van der Waals surface area contributed by atoms with Crippen LogP contribution >= 0.6 is 34.5 Å². The van der Waals surface area contributed by atoms with Gasteiger partial charge in [-0.3, -0.25) is 14.9 Å². The fourth-order valence-corrected chi connectivity index (χ4v) is 3.92. The Morgan fingerprint density at radius 3 is 2.32 bits per heavy atom. The van der Waals surface area contributed by atoms with E-state index < -0.39 is 10.7 Å². The van der Waals surface area contributed by atoms with E-state index in [1.807, 2.05) is 48.5 Å². The number of benzene rings is 3. The maximum absolute atomic E-state index is 12.3. The Bertz CT molecular complexity index is 1250. The minimum atomic E-state index is -1.21. The van der Waals surface area contributed by atoms with E-state index in [4.69, 9.17) is 23.2 Å². The lowest BCUT2D eigenvalue weighted by atomic mass is 9.97. The standard InChI is InChI=1S/C21H15Cl2N5O2S/c22-19(23)20(30)25-21-28-27-18(31-21)10-17(29)26-24-11-16-14-7-3-1-5-12(14)9-13-6-2-4-8-15(13)16/h1-9,11,19H,10H2,(H,26,29)(H,25,28,30)/b24-11-. The molecule has 31 heavy (non-hydrogen) atoms. The second-order valence-corrected chi connectivity index (χ2v) is 8.65. The number of hydrogen-bond donors (Lipinski definition) is 2. The molecule has 156 valence electrons. The number of fused-ring (bicyclic) bond motifs is 2. The second-order valence-electron chi connectivity index (χ2n) is 6.49. The highest BCUT2D eigenvalue weighted by molar-refractivity contribution is 7.15. The number of hydrazone groups is 1. The van der Waals surface area contributed by atoms with Gasteiger partial charge in [0.05, 0.1) is 12.6 Å². The SMILES string of the molecule is O=C(Cc1nnc(NC(=O)C(Cl)Cl)s1)N/N=C\c1c2ccccc2cc2ccccc12. The van der Waals surface area contributed by atoms with Crippen molar-refractivity contribution >= 4 is 79.2 Å².